The number of hydrogen-bond acceptors (Lipinski definition) is 5. The molecule has 0 aromatic heterocycles. The average Bonchev–Trinajstić information content (AvgIpc) is 2.68. The maximum absolute atomic E-state index is 13.0. The molecule has 0 N–H and O–H groups in total. The smallest absolute Gasteiger partial charge is 0.307 e. The highest BCUT2D eigenvalue weighted by Gasteiger charge is 2.23. The fraction of sp³-hybridized carbons (Fsp3) is 0.435. The van der Waals surface area contributed by atoms with E-state index in [-0.39, 0.29) is 17.9 Å². The Morgan fingerprint density at radius 1 is 1.10 bits per heavy atom. The van der Waals surface area contributed by atoms with Gasteiger partial charge in [-0.25, -0.2) is 4.39 Å². The molecule has 1 aliphatic heterocycles. The van der Waals surface area contributed by atoms with E-state index in [1.165, 1.54) is 12.1 Å². The van der Waals surface area contributed by atoms with Crippen LogP contribution in [0.25, 0.3) is 0 Å². The van der Waals surface area contributed by atoms with Crippen LogP contribution in [0.2, 0.25) is 0 Å². The zero-order valence-electron chi connectivity index (χ0n) is 17.2. The second-order valence-electron chi connectivity index (χ2n) is 8.12. The second-order valence-corrected chi connectivity index (χ2v) is 8.12. The zero-order valence-corrected chi connectivity index (χ0v) is 17.2. The van der Waals surface area contributed by atoms with Crippen LogP contribution < -0.4 is 4.74 Å². The summed E-state index contributed by atoms with van der Waals surface area (Å²) in [5, 5.41) is 0. The molecule has 0 spiro atoms. The van der Waals surface area contributed by atoms with Gasteiger partial charge in [0.1, 0.15) is 22.9 Å². The van der Waals surface area contributed by atoms with Crippen molar-refractivity contribution in [2.24, 2.45) is 0 Å². The quantitative estimate of drug-likeness (QED) is 0.656. The molecular weight excluding hydrogens is 373 g/mol. The molecule has 6 heteroatoms. The maximum Gasteiger partial charge on any atom is 0.307 e. The highest BCUT2D eigenvalue weighted by Crippen LogP contribution is 2.27. The molecule has 2 aromatic rings. The zero-order chi connectivity index (χ0) is 20.9. The molecule has 0 radical (unpaired) electrons. The predicted molar refractivity (Wildman–Crippen MR) is 109 cm³/mol. The van der Waals surface area contributed by atoms with Crippen molar-refractivity contribution >= 4 is 5.97 Å². The Kier molecular flexibility index (Phi) is 6.87. The van der Waals surface area contributed by atoms with Gasteiger partial charge in [0.25, 0.3) is 0 Å². The average molecular weight is 401 g/mol. The molecule has 1 aliphatic rings. The van der Waals surface area contributed by atoms with Crippen LogP contribution >= 0.6 is 0 Å². The monoisotopic (exact) mass is 401 g/mol. The third-order valence-electron chi connectivity index (χ3n) is 4.50. The van der Waals surface area contributed by atoms with Gasteiger partial charge >= 0.3 is 5.97 Å². The van der Waals surface area contributed by atoms with E-state index in [2.05, 4.69) is 4.90 Å². The third kappa shape index (κ3) is 6.84. The van der Waals surface area contributed by atoms with Crippen molar-refractivity contribution in [3.8, 4) is 11.5 Å². The molecule has 1 heterocycles. The number of halogens is 1. The highest BCUT2D eigenvalue weighted by molar-refractivity contribution is 5.70. The fourth-order valence-corrected chi connectivity index (χ4v) is 3.14. The fourth-order valence-electron chi connectivity index (χ4n) is 3.14. The Morgan fingerprint density at radius 3 is 2.34 bits per heavy atom. The molecule has 0 amide bonds. The van der Waals surface area contributed by atoms with Crippen LogP contribution in [-0.4, -0.2) is 42.7 Å². The first kappa shape index (κ1) is 21.3. The molecule has 1 unspecified atom stereocenters. The van der Waals surface area contributed by atoms with E-state index in [4.69, 9.17) is 14.2 Å². The Hall–Kier alpha value is -2.44. The number of carbonyl (C=O) groups is 1. The van der Waals surface area contributed by atoms with E-state index in [1.54, 1.807) is 12.1 Å². The van der Waals surface area contributed by atoms with E-state index in [1.807, 2.05) is 45.0 Å². The highest BCUT2D eigenvalue weighted by atomic mass is 19.1. The maximum atomic E-state index is 13.0. The van der Waals surface area contributed by atoms with Gasteiger partial charge in [-0.15, -0.1) is 0 Å². The van der Waals surface area contributed by atoms with E-state index in [0.717, 1.165) is 18.7 Å². The lowest BCUT2D eigenvalue weighted by Crippen LogP contribution is -2.39. The number of benzene rings is 2. The van der Waals surface area contributed by atoms with Gasteiger partial charge in [-0.3, -0.25) is 9.69 Å². The Labute approximate surface area is 171 Å². The molecule has 0 bridgehead atoms. The van der Waals surface area contributed by atoms with Crippen LogP contribution in [-0.2, 0) is 14.3 Å². The lowest BCUT2D eigenvalue weighted by Gasteiger charge is -2.33. The number of rotatable bonds is 6. The van der Waals surface area contributed by atoms with E-state index >= 15 is 0 Å². The van der Waals surface area contributed by atoms with E-state index in [9.17, 15) is 9.18 Å². The van der Waals surface area contributed by atoms with Crippen molar-refractivity contribution in [2.45, 2.75) is 38.9 Å². The summed E-state index contributed by atoms with van der Waals surface area (Å²) in [6, 6.07) is 13.6. The van der Waals surface area contributed by atoms with Crippen LogP contribution in [0.3, 0.4) is 0 Å². The molecule has 5 nitrogen and oxygen atoms in total. The topological polar surface area (TPSA) is 48.0 Å². The van der Waals surface area contributed by atoms with Crippen LogP contribution in [0.1, 0.15) is 38.9 Å². The first-order valence-electron chi connectivity index (χ1n) is 9.88. The summed E-state index contributed by atoms with van der Waals surface area (Å²) >= 11 is 0. The minimum absolute atomic E-state index is 0.0535. The first-order valence-corrected chi connectivity index (χ1v) is 9.88. The molecule has 1 atom stereocenters. The standard InChI is InChI=1S/C23H28FNO4/c1-23(2,3)29-22(26)12-13-25-14-15-27-21(16-25)17-4-8-19(9-5-17)28-20-10-6-18(24)7-11-20/h4-11,21H,12-16H2,1-3H3. The number of ether oxygens (including phenoxy) is 3. The lowest BCUT2D eigenvalue weighted by molar-refractivity contribution is -0.155. The molecule has 156 valence electrons. The van der Waals surface area contributed by atoms with Gasteiger partial charge in [0.05, 0.1) is 19.1 Å². The molecule has 0 aliphatic carbocycles. The van der Waals surface area contributed by atoms with Crippen molar-refractivity contribution in [1.29, 1.82) is 0 Å². The van der Waals surface area contributed by atoms with Gasteiger partial charge in [0, 0.05) is 19.6 Å². The summed E-state index contributed by atoms with van der Waals surface area (Å²) in [5.41, 5.74) is 0.598. The first-order chi connectivity index (χ1) is 13.8. The van der Waals surface area contributed by atoms with Gasteiger partial charge in [-0.05, 0) is 62.7 Å². The van der Waals surface area contributed by atoms with Crippen molar-refractivity contribution < 1.29 is 23.4 Å². The van der Waals surface area contributed by atoms with Gasteiger partial charge < -0.3 is 14.2 Å². The molecular formula is C23H28FNO4. The van der Waals surface area contributed by atoms with Crippen LogP contribution in [0.5, 0.6) is 11.5 Å². The predicted octanol–water partition coefficient (Wildman–Crippen LogP) is 4.72. The minimum Gasteiger partial charge on any atom is -0.460 e. The molecule has 2 aromatic carbocycles. The lowest BCUT2D eigenvalue weighted by atomic mass is 10.1. The molecule has 3 rings (SSSR count). The van der Waals surface area contributed by atoms with Crippen LogP contribution in [0.15, 0.2) is 48.5 Å². The summed E-state index contributed by atoms with van der Waals surface area (Å²) in [6.45, 7) is 8.41. The van der Waals surface area contributed by atoms with Crippen molar-refractivity contribution in [3.63, 3.8) is 0 Å². The normalized spacial score (nSPS) is 17.7. The molecule has 1 fully saturated rings. The Morgan fingerprint density at radius 2 is 1.72 bits per heavy atom. The number of nitrogens with zero attached hydrogens (tertiary/aromatic N) is 1. The van der Waals surface area contributed by atoms with E-state index in [0.29, 0.717) is 31.1 Å². The molecule has 1 saturated heterocycles. The van der Waals surface area contributed by atoms with Crippen LogP contribution in [0.4, 0.5) is 4.39 Å². The SMILES string of the molecule is CC(C)(C)OC(=O)CCN1CCOC(c2ccc(Oc3ccc(F)cc3)cc2)C1. The van der Waals surface area contributed by atoms with Gasteiger partial charge in [-0.1, -0.05) is 12.1 Å². The molecule has 0 saturated carbocycles. The number of hydrogen-bond donors (Lipinski definition) is 0. The number of carbonyl (C=O) groups excluding carboxylic acids is 1. The van der Waals surface area contributed by atoms with E-state index < -0.39 is 5.60 Å². The Balaban J connectivity index is 1.52. The van der Waals surface area contributed by atoms with Gasteiger partial charge in [0.15, 0.2) is 0 Å². The van der Waals surface area contributed by atoms with Crippen molar-refractivity contribution in [1.82, 2.24) is 4.90 Å². The third-order valence-corrected chi connectivity index (χ3v) is 4.50. The van der Waals surface area contributed by atoms with Gasteiger partial charge in [0.2, 0.25) is 0 Å². The summed E-state index contributed by atoms with van der Waals surface area (Å²) in [5.74, 6) is 0.792. The second kappa shape index (κ2) is 9.37. The van der Waals surface area contributed by atoms with Crippen molar-refractivity contribution in [3.05, 3.63) is 59.9 Å². The summed E-state index contributed by atoms with van der Waals surface area (Å²) < 4.78 is 30.0. The summed E-state index contributed by atoms with van der Waals surface area (Å²) in [7, 11) is 0. The minimum atomic E-state index is -0.456. The number of morpholine rings is 1. The summed E-state index contributed by atoms with van der Waals surface area (Å²) in [4.78, 5) is 14.2. The number of esters is 1. The molecule has 29 heavy (non-hydrogen) atoms. The van der Waals surface area contributed by atoms with Crippen molar-refractivity contribution in [2.75, 3.05) is 26.2 Å². The Bertz CT molecular complexity index is 799. The summed E-state index contributed by atoms with van der Waals surface area (Å²) in [6.07, 6.45) is 0.316. The largest absolute Gasteiger partial charge is 0.460 e. The van der Waals surface area contributed by atoms with Crippen LogP contribution in [0, 0.1) is 5.82 Å². The van der Waals surface area contributed by atoms with Gasteiger partial charge in [-0.2, -0.15) is 0 Å².